The Balaban J connectivity index is 1.92. The fourth-order valence-corrected chi connectivity index (χ4v) is 2.89. The van der Waals surface area contributed by atoms with Gasteiger partial charge in [0.1, 0.15) is 0 Å². The van der Waals surface area contributed by atoms with E-state index in [2.05, 4.69) is 44.8 Å². The van der Waals surface area contributed by atoms with Crippen LogP contribution in [0.25, 0.3) is 0 Å². The molecule has 1 aliphatic heterocycles. The lowest BCUT2D eigenvalue weighted by Crippen LogP contribution is -2.36. The molecule has 0 bridgehead atoms. The maximum absolute atomic E-state index is 3.56. The van der Waals surface area contributed by atoms with Crippen molar-refractivity contribution in [2.75, 3.05) is 26.2 Å². The third-order valence-corrected chi connectivity index (χ3v) is 4.31. The number of hydrogen-bond acceptors (Lipinski definition) is 2. The summed E-state index contributed by atoms with van der Waals surface area (Å²) in [5.74, 6) is 1.82. The standard InChI is InChI=1S/C17H36N2/c1-15(2)16-10-13-19(14-16)12-9-7-6-8-11-18-17(3,4)5/h15-16,18H,6-14H2,1-5H3. The van der Waals surface area contributed by atoms with Crippen LogP contribution in [0.3, 0.4) is 0 Å². The Labute approximate surface area is 121 Å². The van der Waals surface area contributed by atoms with Crippen molar-refractivity contribution in [1.82, 2.24) is 10.2 Å². The monoisotopic (exact) mass is 268 g/mol. The van der Waals surface area contributed by atoms with E-state index in [-0.39, 0.29) is 5.54 Å². The number of nitrogens with zero attached hydrogens (tertiary/aromatic N) is 1. The second-order valence-electron chi connectivity index (χ2n) is 7.68. The summed E-state index contributed by atoms with van der Waals surface area (Å²) in [5, 5.41) is 3.56. The summed E-state index contributed by atoms with van der Waals surface area (Å²) in [6.45, 7) is 16.7. The minimum atomic E-state index is 0.279. The molecule has 0 radical (unpaired) electrons. The van der Waals surface area contributed by atoms with Gasteiger partial charge >= 0.3 is 0 Å². The Morgan fingerprint density at radius 3 is 2.37 bits per heavy atom. The van der Waals surface area contributed by atoms with Gasteiger partial charge in [-0.05, 0) is 71.5 Å². The molecule has 1 N–H and O–H groups in total. The van der Waals surface area contributed by atoms with Crippen LogP contribution in [0.1, 0.15) is 66.7 Å². The predicted octanol–water partition coefficient (Wildman–Crippen LogP) is 3.91. The molecule has 1 unspecified atom stereocenters. The molecule has 0 aromatic carbocycles. The highest BCUT2D eigenvalue weighted by Crippen LogP contribution is 2.23. The Hall–Kier alpha value is -0.0800. The van der Waals surface area contributed by atoms with Gasteiger partial charge in [-0.15, -0.1) is 0 Å². The molecular weight excluding hydrogens is 232 g/mol. The molecule has 1 atom stereocenters. The minimum Gasteiger partial charge on any atom is -0.312 e. The normalized spacial score (nSPS) is 21.5. The molecule has 19 heavy (non-hydrogen) atoms. The van der Waals surface area contributed by atoms with Crippen molar-refractivity contribution in [3.8, 4) is 0 Å². The fraction of sp³-hybridized carbons (Fsp3) is 1.00. The molecule has 1 aliphatic rings. The zero-order valence-corrected chi connectivity index (χ0v) is 14.0. The molecule has 0 aromatic rings. The van der Waals surface area contributed by atoms with Crippen LogP contribution in [0.4, 0.5) is 0 Å². The molecule has 0 amide bonds. The molecule has 1 fully saturated rings. The zero-order chi connectivity index (χ0) is 14.3. The number of hydrogen-bond donors (Lipinski definition) is 1. The van der Waals surface area contributed by atoms with Crippen LogP contribution in [-0.2, 0) is 0 Å². The second kappa shape index (κ2) is 8.26. The largest absolute Gasteiger partial charge is 0.312 e. The number of likely N-dealkylation sites (tertiary alicyclic amines) is 1. The smallest absolute Gasteiger partial charge is 0.00965 e. The first-order valence-electron chi connectivity index (χ1n) is 8.36. The van der Waals surface area contributed by atoms with Crippen molar-refractivity contribution in [3.63, 3.8) is 0 Å². The molecule has 1 heterocycles. The summed E-state index contributed by atoms with van der Waals surface area (Å²) < 4.78 is 0. The molecule has 0 aliphatic carbocycles. The van der Waals surface area contributed by atoms with E-state index < -0.39 is 0 Å². The van der Waals surface area contributed by atoms with Crippen LogP contribution in [0.5, 0.6) is 0 Å². The van der Waals surface area contributed by atoms with E-state index >= 15 is 0 Å². The predicted molar refractivity (Wildman–Crippen MR) is 85.6 cm³/mol. The topological polar surface area (TPSA) is 15.3 Å². The van der Waals surface area contributed by atoms with E-state index in [9.17, 15) is 0 Å². The summed E-state index contributed by atoms with van der Waals surface area (Å²) >= 11 is 0. The third-order valence-electron chi connectivity index (χ3n) is 4.31. The first kappa shape index (κ1) is 17.0. The van der Waals surface area contributed by atoms with Crippen LogP contribution < -0.4 is 5.32 Å². The van der Waals surface area contributed by atoms with Crippen LogP contribution >= 0.6 is 0 Å². The molecule has 0 aromatic heterocycles. The van der Waals surface area contributed by atoms with Crippen molar-refractivity contribution in [2.45, 2.75) is 72.3 Å². The highest BCUT2D eigenvalue weighted by molar-refractivity contribution is 4.77. The molecular formula is C17H36N2. The average Bonchev–Trinajstić information content (AvgIpc) is 2.75. The van der Waals surface area contributed by atoms with Gasteiger partial charge in [-0.1, -0.05) is 26.7 Å². The average molecular weight is 268 g/mol. The zero-order valence-electron chi connectivity index (χ0n) is 14.0. The molecule has 2 heteroatoms. The van der Waals surface area contributed by atoms with E-state index in [1.165, 1.54) is 58.3 Å². The van der Waals surface area contributed by atoms with Crippen LogP contribution in [-0.4, -0.2) is 36.6 Å². The lowest BCUT2D eigenvalue weighted by atomic mass is 9.95. The third kappa shape index (κ3) is 7.94. The lowest BCUT2D eigenvalue weighted by molar-refractivity contribution is 0.296. The van der Waals surface area contributed by atoms with Gasteiger partial charge in [0.25, 0.3) is 0 Å². The van der Waals surface area contributed by atoms with Gasteiger partial charge < -0.3 is 10.2 Å². The summed E-state index contributed by atoms with van der Waals surface area (Å²) in [7, 11) is 0. The Kier molecular flexibility index (Phi) is 7.38. The van der Waals surface area contributed by atoms with Crippen molar-refractivity contribution < 1.29 is 0 Å². The van der Waals surface area contributed by atoms with Crippen LogP contribution in [0.15, 0.2) is 0 Å². The number of nitrogens with one attached hydrogen (secondary N) is 1. The molecule has 2 nitrogen and oxygen atoms in total. The number of rotatable bonds is 8. The molecule has 0 saturated carbocycles. The SMILES string of the molecule is CC(C)C1CCN(CCCCCCNC(C)(C)C)C1. The van der Waals surface area contributed by atoms with Crippen molar-refractivity contribution in [3.05, 3.63) is 0 Å². The Morgan fingerprint density at radius 2 is 1.79 bits per heavy atom. The van der Waals surface area contributed by atoms with E-state index in [0.717, 1.165) is 11.8 Å². The maximum Gasteiger partial charge on any atom is 0.00965 e. The molecule has 1 rings (SSSR count). The van der Waals surface area contributed by atoms with Gasteiger partial charge in [0.2, 0.25) is 0 Å². The summed E-state index contributed by atoms with van der Waals surface area (Å²) in [4.78, 5) is 2.68. The van der Waals surface area contributed by atoms with Gasteiger partial charge in [-0.3, -0.25) is 0 Å². The van der Waals surface area contributed by atoms with E-state index in [0.29, 0.717) is 0 Å². The van der Waals surface area contributed by atoms with Crippen LogP contribution in [0, 0.1) is 11.8 Å². The van der Waals surface area contributed by atoms with Gasteiger partial charge in [0.15, 0.2) is 0 Å². The Morgan fingerprint density at radius 1 is 1.11 bits per heavy atom. The quantitative estimate of drug-likeness (QED) is 0.671. The Bertz CT molecular complexity index is 230. The minimum absolute atomic E-state index is 0.279. The summed E-state index contributed by atoms with van der Waals surface area (Å²) in [6.07, 6.45) is 6.92. The highest BCUT2D eigenvalue weighted by atomic mass is 15.1. The van der Waals surface area contributed by atoms with E-state index in [4.69, 9.17) is 0 Å². The van der Waals surface area contributed by atoms with Gasteiger partial charge in [-0.25, -0.2) is 0 Å². The van der Waals surface area contributed by atoms with E-state index in [1.807, 2.05) is 0 Å². The second-order valence-corrected chi connectivity index (χ2v) is 7.68. The van der Waals surface area contributed by atoms with Crippen molar-refractivity contribution in [1.29, 1.82) is 0 Å². The molecule has 1 saturated heterocycles. The molecule has 114 valence electrons. The summed E-state index contributed by atoms with van der Waals surface area (Å²) in [6, 6.07) is 0. The van der Waals surface area contributed by atoms with Crippen LogP contribution in [0.2, 0.25) is 0 Å². The molecule has 0 spiro atoms. The van der Waals surface area contributed by atoms with Crippen molar-refractivity contribution >= 4 is 0 Å². The van der Waals surface area contributed by atoms with Gasteiger partial charge in [0, 0.05) is 12.1 Å². The maximum atomic E-state index is 3.56. The number of unbranched alkanes of at least 4 members (excludes halogenated alkanes) is 3. The van der Waals surface area contributed by atoms with E-state index in [1.54, 1.807) is 0 Å². The first-order chi connectivity index (χ1) is 8.88. The summed E-state index contributed by atoms with van der Waals surface area (Å²) in [5.41, 5.74) is 0.279. The van der Waals surface area contributed by atoms with Gasteiger partial charge in [-0.2, -0.15) is 0 Å². The van der Waals surface area contributed by atoms with Gasteiger partial charge in [0.05, 0.1) is 0 Å². The fourth-order valence-electron chi connectivity index (χ4n) is 2.89. The van der Waals surface area contributed by atoms with Crippen molar-refractivity contribution in [2.24, 2.45) is 11.8 Å². The highest BCUT2D eigenvalue weighted by Gasteiger charge is 2.23. The first-order valence-corrected chi connectivity index (χ1v) is 8.36. The lowest BCUT2D eigenvalue weighted by Gasteiger charge is -2.20.